The van der Waals surface area contributed by atoms with E-state index in [2.05, 4.69) is 10.3 Å². The second-order valence-electron chi connectivity index (χ2n) is 6.78. The molecule has 1 aliphatic heterocycles. The van der Waals surface area contributed by atoms with E-state index in [9.17, 15) is 13.2 Å². The number of nitrogens with zero attached hydrogens (tertiary/aromatic N) is 2. The SMILES string of the molecule is O=C(NCc1ccnc(-c2ccsc2)c1)c1ccc(S(=O)(=O)N2CCOCC2)cc1. The molecule has 7 nitrogen and oxygen atoms in total. The van der Waals surface area contributed by atoms with E-state index in [4.69, 9.17) is 4.74 Å². The highest BCUT2D eigenvalue weighted by molar-refractivity contribution is 7.89. The molecule has 2 aromatic heterocycles. The van der Waals surface area contributed by atoms with Crippen LogP contribution in [-0.2, 0) is 21.3 Å². The number of aromatic nitrogens is 1. The highest BCUT2D eigenvalue weighted by atomic mass is 32.2. The molecule has 4 rings (SSSR count). The van der Waals surface area contributed by atoms with Crippen LogP contribution < -0.4 is 5.32 Å². The number of benzene rings is 1. The maximum atomic E-state index is 12.7. The minimum absolute atomic E-state index is 0.176. The van der Waals surface area contributed by atoms with Gasteiger partial charge in [-0.3, -0.25) is 9.78 Å². The molecule has 9 heteroatoms. The van der Waals surface area contributed by atoms with Crippen LogP contribution in [-0.4, -0.2) is 49.9 Å². The number of sulfonamides is 1. The Bertz CT molecular complexity index is 1110. The van der Waals surface area contributed by atoms with Gasteiger partial charge in [-0.05, 0) is 53.4 Å². The normalized spacial score (nSPS) is 15.1. The predicted molar refractivity (Wildman–Crippen MR) is 115 cm³/mol. The molecule has 156 valence electrons. The first-order valence-electron chi connectivity index (χ1n) is 9.48. The highest BCUT2D eigenvalue weighted by Crippen LogP contribution is 2.21. The van der Waals surface area contributed by atoms with E-state index in [-0.39, 0.29) is 10.8 Å². The monoisotopic (exact) mass is 443 g/mol. The van der Waals surface area contributed by atoms with Crippen molar-refractivity contribution in [1.29, 1.82) is 0 Å². The maximum absolute atomic E-state index is 12.7. The Kier molecular flexibility index (Phi) is 6.24. The van der Waals surface area contributed by atoms with Gasteiger partial charge < -0.3 is 10.1 Å². The van der Waals surface area contributed by atoms with Gasteiger partial charge in [-0.1, -0.05) is 0 Å². The molecule has 0 aliphatic carbocycles. The molecule has 3 heterocycles. The van der Waals surface area contributed by atoms with Crippen LogP contribution in [0.1, 0.15) is 15.9 Å². The van der Waals surface area contributed by atoms with Gasteiger partial charge in [-0.15, -0.1) is 0 Å². The van der Waals surface area contributed by atoms with E-state index < -0.39 is 10.0 Å². The van der Waals surface area contributed by atoms with Crippen LogP contribution in [0.25, 0.3) is 11.3 Å². The number of carbonyl (C=O) groups is 1. The zero-order valence-corrected chi connectivity index (χ0v) is 17.8. The zero-order chi connectivity index (χ0) is 21.0. The molecule has 1 N–H and O–H groups in total. The van der Waals surface area contributed by atoms with Crippen LogP contribution in [0.3, 0.4) is 0 Å². The molecule has 3 aromatic rings. The van der Waals surface area contributed by atoms with Crippen molar-refractivity contribution in [2.45, 2.75) is 11.4 Å². The van der Waals surface area contributed by atoms with Crippen molar-refractivity contribution < 1.29 is 17.9 Å². The quantitative estimate of drug-likeness (QED) is 0.633. The average Bonchev–Trinajstić information content (AvgIpc) is 3.33. The minimum atomic E-state index is -3.57. The molecular formula is C21H21N3O4S2. The number of nitrogens with one attached hydrogen (secondary N) is 1. The van der Waals surface area contributed by atoms with E-state index in [0.717, 1.165) is 16.8 Å². The number of thiophene rings is 1. The number of pyridine rings is 1. The Morgan fingerprint density at radius 3 is 2.60 bits per heavy atom. The molecule has 0 unspecified atom stereocenters. The van der Waals surface area contributed by atoms with Crippen LogP contribution in [0, 0.1) is 0 Å². The van der Waals surface area contributed by atoms with Gasteiger partial charge in [0.2, 0.25) is 10.0 Å². The molecule has 1 saturated heterocycles. The third kappa shape index (κ3) is 4.59. The molecule has 1 aromatic carbocycles. The van der Waals surface area contributed by atoms with Gasteiger partial charge in [0.1, 0.15) is 0 Å². The number of ether oxygens (including phenoxy) is 1. The van der Waals surface area contributed by atoms with Gasteiger partial charge >= 0.3 is 0 Å². The van der Waals surface area contributed by atoms with Crippen molar-refractivity contribution in [3.63, 3.8) is 0 Å². The first kappa shape index (κ1) is 20.7. The summed E-state index contributed by atoms with van der Waals surface area (Å²) in [5.74, 6) is -0.265. The van der Waals surface area contributed by atoms with E-state index in [0.29, 0.717) is 38.4 Å². The molecule has 0 atom stereocenters. The Balaban J connectivity index is 1.40. The average molecular weight is 444 g/mol. The van der Waals surface area contributed by atoms with Crippen LogP contribution >= 0.6 is 11.3 Å². The van der Waals surface area contributed by atoms with Crippen LogP contribution in [0.15, 0.2) is 64.3 Å². The number of amides is 1. The fraction of sp³-hybridized carbons (Fsp3) is 0.238. The van der Waals surface area contributed by atoms with E-state index in [1.54, 1.807) is 17.5 Å². The van der Waals surface area contributed by atoms with Crippen molar-refractivity contribution in [1.82, 2.24) is 14.6 Å². The summed E-state index contributed by atoms with van der Waals surface area (Å²) in [5, 5.41) is 6.89. The summed E-state index contributed by atoms with van der Waals surface area (Å²) in [6, 6.07) is 11.8. The molecule has 0 saturated carbocycles. The van der Waals surface area contributed by atoms with Gasteiger partial charge in [0.05, 0.1) is 23.8 Å². The first-order chi connectivity index (χ1) is 14.5. The Morgan fingerprint density at radius 1 is 1.13 bits per heavy atom. The third-order valence-electron chi connectivity index (χ3n) is 4.82. The third-order valence-corrected chi connectivity index (χ3v) is 7.41. The molecule has 1 fully saturated rings. The highest BCUT2D eigenvalue weighted by Gasteiger charge is 2.26. The molecule has 0 radical (unpaired) electrons. The lowest BCUT2D eigenvalue weighted by molar-refractivity contribution is 0.0730. The Hall–Kier alpha value is -2.59. The van der Waals surface area contributed by atoms with E-state index in [1.807, 2.05) is 29.0 Å². The molecule has 0 bridgehead atoms. The second kappa shape index (κ2) is 9.05. The summed E-state index contributed by atoms with van der Waals surface area (Å²) in [4.78, 5) is 17.0. The molecule has 1 amide bonds. The topological polar surface area (TPSA) is 88.6 Å². The molecule has 0 spiro atoms. The zero-order valence-electron chi connectivity index (χ0n) is 16.2. The van der Waals surface area contributed by atoms with Crippen LogP contribution in [0.2, 0.25) is 0 Å². The van der Waals surface area contributed by atoms with Crippen LogP contribution in [0.5, 0.6) is 0 Å². The fourth-order valence-corrected chi connectivity index (χ4v) is 5.21. The summed E-state index contributed by atoms with van der Waals surface area (Å²) in [6.45, 7) is 1.81. The maximum Gasteiger partial charge on any atom is 0.251 e. The number of hydrogen-bond acceptors (Lipinski definition) is 6. The lowest BCUT2D eigenvalue weighted by Gasteiger charge is -2.26. The predicted octanol–water partition coefficient (Wildman–Crippen LogP) is 2.76. The number of morpholine rings is 1. The van der Waals surface area contributed by atoms with Crippen molar-refractivity contribution >= 4 is 27.3 Å². The standard InChI is InChI=1S/C21H21N3O4S2/c25-21(23-14-16-5-7-22-20(13-16)18-6-12-29-15-18)17-1-3-19(4-2-17)30(26,27)24-8-10-28-11-9-24/h1-7,12-13,15H,8-11,14H2,(H,23,25). The van der Waals surface area contributed by atoms with Crippen molar-refractivity contribution in [3.8, 4) is 11.3 Å². The summed E-state index contributed by atoms with van der Waals surface area (Å²) in [7, 11) is -3.57. The van der Waals surface area contributed by atoms with Gasteiger partial charge in [0, 0.05) is 42.3 Å². The van der Waals surface area contributed by atoms with Gasteiger partial charge in [-0.2, -0.15) is 15.6 Å². The lowest BCUT2D eigenvalue weighted by atomic mass is 10.1. The van der Waals surface area contributed by atoms with Crippen molar-refractivity contribution in [3.05, 3.63) is 70.5 Å². The smallest absolute Gasteiger partial charge is 0.251 e. The van der Waals surface area contributed by atoms with Crippen LogP contribution in [0.4, 0.5) is 0 Å². The largest absolute Gasteiger partial charge is 0.379 e. The van der Waals surface area contributed by atoms with E-state index in [1.165, 1.54) is 28.6 Å². The van der Waals surface area contributed by atoms with Crippen molar-refractivity contribution in [2.75, 3.05) is 26.3 Å². The minimum Gasteiger partial charge on any atom is -0.379 e. The lowest BCUT2D eigenvalue weighted by Crippen LogP contribution is -2.40. The van der Waals surface area contributed by atoms with E-state index >= 15 is 0 Å². The number of rotatable bonds is 6. The number of hydrogen-bond donors (Lipinski definition) is 1. The molecular weight excluding hydrogens is 422 g/mol. The van der Waals surface area contributed by atoms with Gasteiger partial charge in [0.15, 0.2) is 0 Å². The Labute approximate surface area is 179 Å². The summed E-state index contributed by atoms with van der Waals surface area (Å²) in [6.07, 6.45) is 1.72. The molecule has 30 heavy (non-hydrogen) atoms. The fourth-order valence-electron chi connectivity index (χ4n) is 3.15. The number of carbonyl (C=O) groups excluding carboxylic acids is 1. The van der Waals surface area contributed by atoms with Gasteiger partial charge in [-0.25, -0.2) is 8.42 Å². The Morgan fingerprint density at radius 2 is 1.90 bits per heavy atom. The summed E-state index contributed by atoms with van der Waals surface area (Å²) in [5.41, 5.74) is 3.25. The summed E-state index contributed by atoms with van der Waals surface area (Å²) >= 11 is 1.61. The summed E-state index contributed by atoms with van der Waals surface area (Å²) < 4.78 is 32.0. The second-order valence-corrected chi connectivity index (χ2v) is 9.50. The first-order valence-corrected chi connectivity index (χ1v) is 11.9. The van der Waals surface area contributed by atoms with Gasteiger partial charge in [0.25, 0.3) is 5.91 Å². The molecule has 1 aliphatic rings. The van der Waals surface area contributed by atoms with Crippen molar-refractivity contribution in [2.24, 2.45) is 0 Å².